The highest BCUT2D eigenvalue weighted by molar-refractivity contribution is 6.32. The average molecular weight is 950 g/mol. The Kier molecular flexibility index (Phi) is 18.5. The Labute approximate surface area is 402 Å². The molecule has 0 fully saturated rings. The number of nitrogens with one attached hydrogen (secondary N) is 1. The predicted molar refractivity (Wildman–Crippen MR) is 263 cm³/mol. The number of aryl methyl sites for hydroxylation is 1. The molecule has 0 aliphatic heterocycles. The highest BCUT2D eigenvalue weighted by atomic mass is 35.5. The number of aliphatic hydroxyl groups excluding tert-OH is 2. The summed E-state index contributed by atoms with van der Waals surface area (Å²) in [7, 11) is 1.70. The number of aliphatic hydroxyl groups is 2. The van der Waals surface area contributed by atoms with E-state index in [-0.39, 0.29) is 51.3 Å². The van der Waals surface area contributed by atoms with Crippen molar-refractivity contribution < 1.29 is 39.1 Å². The van der Waals surface area contributed by atoms with Gasteiger partial charge in [0, 0.05) is 91.2 Å². The van der Waals surface area contributed by atoms with Crippen LogP contribution < -0.4 is 24.3 Å². The minimum atomic E-state index is -0.917. The number of aliphatic imine (C=N–C) groups is 1. The van der Waals surface area contributed by atoms with Crippen LogP contribution >= 0.6 is 23.2 Å². The molecule has 0 bridgehead atoms. The van der Waals surface area contributed by atoms with Gasteiger partial charge < -0.3 is 39.6 Å². The molecule has 6 aromatic rings. The van der Waals surface area contributed by atoms with Crippen molar-refractivity contribution in [2.24, 2.45) is 16.8 Å². The number of hydrogen-bond acceptors (Lipinski definition) is 11. The van der Waals surface area contributed by atoms with E-state index in [1.165, 1.54) is 0 Å². The molecule has 14 heteroatoms. The van der Waals surface area contributed by atoms with Crippen molar-refractivity contribution in [1.82, 2.24) is 15.3 Å². The van der Waals surface area contributed by atoms with Gasteiger partial charge in [0.2, 0.25) is 0 Å². The Balaban J connectivity index is 1.15. The lowest BCUT2D eigenvalue weighted by molar-refractivity contribution is -0.138. The molecule has 0 radical (unpaired) electrons. The zero-order chi connectivity index (χ0) is 47.9. The number of pyridine rings is 2. The van der Waals surface area contributed by atoms with Gasteiger partial charge in [0.15, 0.2) is 0 Å². The molecule has 352 valence electrons. The lowest BCUT2D eigenvalue weighted by atomic mass is 9.92. The van der Waals surface area contributed by atoms with Gasteiger partial charge in [-0.15, -0.1) is 0 Å². The van der Waals surface area contributed by atoms with E-state index in [2.05, 4.69) is 46.3 Å². The molecular formula is C53H58Cl2N4O8. The van der Waals surface area contributed by atoms with Gasteiger partial charge in [0.1, 0.15) is 49.4 Å². The number of rotatable bonds is 24. The van der Waals surface area contributed by atoms with E-state index in [1.54, 1.807) is 50.2 Å². The van der Waals surface area contributed by atoms with Crippen LogP contribution in [0.4, 0.5) is 0 Å². The number of halogens is 2. The molecule has 2 unspecified atom stereocenters. The number of hydrogen-bond donors (Lipinski definition) is 4. The van der Waals surface area contributed by atoms with Gasteiger partial charge in [-0.2, -0.15) is 0 Å². The molecule has 0 spiro atoms. The second-order valence-corrected chi connectivity index (χ2v) is 17.6. The van der Waals surface area contributed by atoms with Crippen LogP contribution in [0.25, 0.3) is 11.1 Å². The number of ether oxygens (including phenoxy) is 4. The van der Waals surface area contributed by atoms with Crippen molar-refractivity contribution >= 4 is 35.4 Å². The van der Waals surface area contributed by atoms with Crippen LogP contribution in [0.1, 0.15) is 75.4 Å². The maximum absolute atomic E-state index is 11.2. The van der Waals surface area contributed by atoms with Gasteiger partial charge in [-0.3, -0.25) is 19.8 Å². The number of nitrogens with zero attached hydrogens (tertiary/aromatic N) is 3. The molecule has 2 aromatic heterocycles. The molecule has 0 aliphatic rings. The molecule has 67 heavy (non-hydrogen) atoms. The molecule has 2 heterocycles. The number of carboxylic acids is 1. The first-order valence-corrected chi connectivity index (χ1v) is 22.8. The van der Waals surface area contributed by atoms with E-state index in [1.807, 2.05) is 62.4 Å². The van der Waals surface area contributed by atoms with E-state index < -0.39 is 5.97 Å². The van der Waals surface area contributed by atoms with Crippen LogP contribution in [-0.4, -0.2) is 57.7 Å². The second kappa shape index (κ2) is 24.7. The van der Waals surface area contributed by atoms with Gasteiger partial charge in [-0.1, -0.05) is 66.5 Å². The Morgan fingerprint density at radius 1 is 0.716 bits per heavy atom. The highest BCUT2D eigenvalue weighted by Gasteiger charge is 2.19. The van der Waals surface area contributed by atoms with Crippen molar-refractivity contribution in [3.63, 3.8) is 0 Å². The number of aromatic nitrogens is 2. The number of aliphatic carboxylic acids is 1. The third-order valence-electron chi connectivity index (χ3n) is 11.4. The quantitative estimate of drug-likeness (QED) is 0.0427. The maximum Gasteiger partial charge on any atom is 0.303 e. The van der Waals surface area contributed by atoms with Gasteiger partial charge >= 0.3 is 5.97 Å². The zero-order valence-corrected chi connectivity index (χ0v) is 40.0. The minimum Gasteiger partial charge on any atom is -0.488 e. The topological polar surface area (TPSA) is 165 Å². The first kappa shape index (κ1) is 50.4. The normalized spacial score (nSPS) is 12.3. The summed E-state index contributed by atoms with van der Waals surface area (Å²) in [5, 5.41) is 33.2. The Morgan fingerprint density at radius 2 is 1.27 bits per heavy atom. The van der Waals surface area contributed by atoms with Crippen LogP contribution in [0, 0.1) is 32.6 Å². The summed E-state index contributed by atoms with van der Waals surface area (Å²) >= 11 is 13.6. The van der Waals surface area contributed by atoms with Crippen LogP contribution in [0.5, 0.6) is 23.0 Å². The van der Waals surface area contributed by atoms with Gasteiger partial charge in [0.05, 0.1) is 23.1 Å². The largest absolute Gasteiger partial charge is 0.488 e. The predicted octanol–water partition coefficient (Wildman–Crippen LogP) is 10.4. The molecule has 0 saturated carbocycles. The molecule has 6 rings (SSSR count). The SMILES string of the molecule is C/N=C/c1cncc(COc2cc(OCc3cccc(-c4cccc(COc5cc(OCc6cncc(C)c6)c(CNCC(C)CC(CO)CC(=O)O)cc5Cl)c4C)c3C)c(Cl)cc2CO)c1. The maximum atomic E-state index is 11.2. The fourth-order valence-corrected chi connectivity index (χ4v) is 8.36. The molecule has 2 atom stereocenters. The van der Waals surface area contributed by atoms with Crippen LogP contribution in [0.15, 0.2) is 103 Å². The van der Waals surface area contributed by atoms with Crippen molar-refractivity contribution in [2.45, 2.75) is 80.1 Å². The number of carbonyl (C=O) groups is 1. The summed E-state index contributed by atoms with van der Waals surface area (Å²) in [4.78, 5) is 23.9. The fourth-order valence-electron chi connectivity index (χ4n) is 7.88. The van der Waals surface area contributed by atoms with Crippen LogP contribution in [0.2, 0.25) is 10.0 Å². The van der Waals surface area contributed by atoms with E-state index in [0.29, 0.717) is 64.7 Å². The summed E-state index contributed by atoms with van der Waals surface area (Å²) in [6.07, 6.45) is 9.25. The second-order valence-electron chi connectivity index (χ2n) is 16.8. The molecular weight excluding hydrogens is 892 g/mol. The Bertz CT molecular complexity index is 2660. The van der Waals surface area contributed by atoms with E-state index in [0.717, 1.165) is 61.2 Å². The minimum absolute atomic E-state index is 0.0694. The smallest absolute Gasteiger partial charge is 0.303 e. The molecule has 0 aliphatic carbocycles. The van der Waals surface area contributed by atoms with Crippen molar-refractivity contribution in [3.8, 4) is 34.1 Å². The summed E-state index contributed by atoms with van der Waals surface area (Å²) in [5.41, 5.74) is 11.2. The first-order valence-electron chi connectivity index (χ1n) is 22.1. The van der Waals surface area contributed by atoms with Crippen LogP contribution in [-0.2, 0) is 44.4 Å². The zero-order valence-electron chi connectivity index (χ0n) is 38.5. The van der Waals surface area contributed by atoms with Gasteiger partial charge in [0.25, 0.3) is 0 Å². The molecule has 4 aromatic carbocycles. The summed E-state index contributed by atoms with van der Waals surface area (Å²) < 4.78 is 25.3. The number of benzene rings is 4. The van der Waals surface area contributed by atoms with E-state index in [4.69, 9.17) is 42.1 Å². The summed E-state index contributed by atoms with van der Waals surface area (Å²) in [5.74, 6) is 0.873. The van der Waals surface area contributed by atoms with E-state index >= 15 is 0 Å². The molecule has 0 amide bonds. The fraction of sp³-hybridized carbons (Fsp3) is 0.321. The monoisotopic (exact) mass is 948 g/mol. The van der Waals surface area contributed by atoms with Crippen molar-refractivity contribution in [2.75, 3.05) is 20.2 Å². The lowest BCUT2D eigenvalue weighted by Crippen LogP contribution is -2.24. The van der Waals surface area contributed by atoms with Gasteiger partial charge in [-0.05, 0) is 109 Å². The average Bonchev–Trinajstić information content (AvgIpc) is 3.30. The van der Waals surface area contributed by atoms with E-state index in [9.17, 15) is 20.1 Å². The molecule has 4 N–H and O–H groups in total. The molecule has 12 nitrogen and oxygen atoms in total. The standard InChI is InChI=1S/C53H58Cl2N4O8/c1-33(12-37(27-60)15-53(62)63)21-58-26-43-16-47(54)51(18-49(43)64-29-39-13-34(2)20-57-24-39)66-31-41-8-6-10-45(35(41)3)46-11-7-9-42(36(46)4)32-67-52-19-50(44(28-61)17-48(52)55)65-30-40-14-38(22-56-5)23-59-25-40/h6-11,13-14,16-20,22-25,33,37,58,60-61H,12,15,21,26-32H2,1-5H3,(H,62,63)/b56-22+. The Hall–Kier alpha value is -6.02. The van der Waals surface area contributed by atoms with Crippen LogP contribution in [0.3, 0.4) is 0 Å². The highest BCUT2D eigenvalue weighted by Crippen LogP contribution is 2.37. The van der Waals surface area contributed by atoms with Gasteiger partial charge in [-0.25, -0.2) is 0 Å². The molecule has 0 saturated heterocycles. The Morgan fingerprint density at radius 3 is 1.82 bits per heavy atom. The third-order valence-corrected chi connectivity index (χ3v) is 12.0. The van der Waals surface area contributed by atoms with Crippen molar-refractivity contribution in [1.29, 1.82) is 0 Å². The summed E-state index contributed by atoms with van der Waals surface area (Å²) in [6, 6.07) is 23.3. The lowest BCUT2D eigenvalue weighted by Gasteiger charge is -2.20. The first-order chi connectivity index (χ1) is 32.3. The van der Waals surface area contributed by atoms with Crippen molar-refractivity contribution in [3.05, 3.63) is 163 Å². The third kappa shape index (κ3) is 14.2. The summed E-state index contributed by atoms with van der Waals surface area (Å²) in [6.45, 7) is 9.80. The number of carboxylic acid groups (broad SMARTS) is 1.